The summed E-state index contributed by atoms with van der Waals surface area (Å²) in [4.78, 5) is 37.3. The van der Waals surface area contributed by atoms with Gasteiger partial charge in [0.1, 0.15) is 22.5 Å². The lowest BCUT2D eigenvalue weighted by Gasteiger charge is -2.37. The molecule has 2 aliphatic heterocycles. The minimum Gasteiger partial charge on any atom is -0.438 e. The number of nitriles is 1. The predicted octanol–water partition coefficient (Wildman–Crippen LogP) is 6.35. The number of carbonyl (C=O) groups is 2. The van der Waals surface area contributed by atoms with Crippen molar-refractivity contribution in [1.29, 1.82) is 5.26 Å². The number of nitrogens with zero attached hydrogens (tertiary/aromatic N) is 4. The highest BCUT2D eigenvalue weighted by molar-refractivity contribution is 7.16. The van der Waals surface area contributed by atoms with E-state index in [1.165, 1.54) is 18.3 Å². The molecule has 4 aromatic rings. The van der Waals surface area contributed by atoms with Crippen molar-refractivity contribution in [2.75, 3.05) is 18.4 Å². The number of rotatable bonds is 5. The van der Waals surface area contributed by atoms with Crippen molar-refractivity contribution in [3.8, 4) is 29.0 Å². The number of amides is 2. The fraction of sp³-hybridized carbons (Fsp3) is 0.258. The topological polar surface area (TPSA) is 108 Å². The number of ether oxygens (including phenoxy) is 1. The van der Waals surface area contributed by atoms with E-state index >= 15 is 4.39 Å². The molecule has 2 aromatic carbocycles. The number of anilines is 1. The number of fused-ring (bicyclic) bond motifs is 2. The first-order valence-electron chi connectivity index (χ1n) is 13.3. The van der Waals surface area contributed by atoms with Gasteiger partial charge in [-0.25, -0.2) is 14.4 Å². The van der Waals surface area contributed by atoms with Crippen LogP contribution < -0.4 is 10.1 Å². The molecular weight excluding hydrogens is 541 g/mol. The third kappa shape index (κ3) is 4.83. The van der Waals surface area contributed by atoms with E-state index in [1.54, 1.807) is 17.0 Å². The molecule has 1 fully saturated rings. The van der Waals surface area contributed by atoms with E-state index in [9.17, 15) is 9.59 Å². The first-order valence-corrected chi connectivity index (χ1v) is 14.1. The summed E-state index contributed by atoms with van der Waals surface area (Å²) in [5.74, 6) is -0.678. The summed E-state index contributed by atoms with van der Waals surface area (Å²) in [7, 11) is 0. The van der Waals surface area contributed by atoms with Gasteiger partial charge in [0.15, 0.2) is 5.13 Å². The van der Waals surface area contributed by atoms with E-state index in [4.69, 9.17) is 15.0 Å². The van der Waals surface area contributed by atoms with Crippen molar-refractivity contribution in [3.63, 3.8) is 0 Å². The van der Waals surface area contributed by atoms with Crippen LogP contribution in [0.15, 0.2) is 60.8 Å². The van der Waals surface area contributed by atoms with Crippen molar-refractivity contribution in [2.45, 2.75) is 32.6 Å². The molecule has 0 spiro atoms. The van der Waals surface area contributed by atoms with Crippen molar-refractivity contribution >= 4 is 28.3 Å². The molecule has 2 aromatic heterocycles. The summed E-state index contributed by atoms with van der Waals surface area (Å²) in [6.07, 6.45) is 3.29. The molecule has 1 saturated heterocycles. The Kier molecular flexibility index (Phi) is 6.75. The molecule has 0 aliphatic carbocycles. The maximum atomic E-state index is 15.1. The average Bonchev–Trinajstić information content (AvgIpc) is 3.68. The van der Waals surface area contributed by atoms with Crippen LogP contribution in [0.1, 0.15) is 59.0 Å². The van der Waals surface area contributed by atoms with E-state index < -0.39 is 17.2 Å². The van der Waals surface area contributed by atoms with Gasteiger partial charge in [-0.05, 0) is 37.1 Å². The van der Waals surface area contributed by atoms with Crippen molar-refractivity contribution < 1.29 is 18.7 Å². The summed E-state index contributed by atoms with van der Waals surface area (Å²) in [5.41, 5.74) is 1.62. The van der Waals surface area contributed by atoms with Crippen LogP contribution in [-0.2, 0) is 4.79 Å². The second kappa shape index (κ2) is 10.4. The van der Waals surface area contributed by atoms with Gasteiger partial charge >= 0.3 is 0 Å². The zero-order valence-corrected chi connectivity index (χ0v) is 23.3. The van der Waals surface area contributed by atoms with Crippen LogP contribution >= 0.6 is 11.3 Å². The number of para-hydroxylation sites is 1. The van der Waals surface area contributed by atoms with Gasteiger partial charge in [0.05, 0.1) is 22.9 Å². The molecule has 1 atom stereocenters. The lowest BCUT2D eigenvalue weighted by molar-refractivity contribution is -0.124. The molecule has 0 radical (unpaired) electrons. The highest BCUT2D eigenvalue weighted by atomic mass is 32.1. The van der Waals surface area contributed by atoms with Gasteiger partial charge in [-0.15, -0.1) is 0 Å². The molecule has 2 aliphatic rings. The Morgan fingerprint density at radius 2 is 1.90 bits per heavy atom. The van der Waals surface area contributed by atoms with E-state index in [2.05, 4.69) is 10.3 Å². The van der Waals surface area contributed by atoms with E-state index in [0.29, 0.717) is 51.5 Å². The first-order chi connectivity index (χ1) is 19.8. The number of hydrogen-bond donors (Lipinski definition) is 1. The number of benzene rings is 2. The summed E-state index contributed by atoms with van der Waals surface area (Å²) < 4.78 is 21.3. The second-order valence-electron chi connectivity index (χ2n) is 10.7. The third-order valence-electron chi connectivity index (χ3n) is 7.67. The fourth-order valence-electron chi connectivity index (χ4n) is 5.49. The summed E-state index contributed by atoms with van der Waals surface area (Å²) in [5, 5.41) is 12.3. The number of likely N-dealkylation sites (tertiary alicyclic amines) is 1. The van der Waals surface area contributed by atoms with Crippen LogP contribution in [0.2, 0.25) is 0 Å². The van der Waals surface area contributed by atoms with Crippen LogP contribution in [0.25, 0.3) is 11.3 Å². The lowest BCUT2D eigenvalue weighted by Crippen LogP contribution is -2.38. The van der Waals surface area contributed by atoms with Crippen molar-refractivity contribution in [3.05, 3.63) is 88.2 Å². The number of pyridine rings is 1. The minimum absolute atomic E-state index is 0.0498. The highest BCUT2D eigenvalue weighted by Crippen LogP contribution is 2.52. The Morgan fingerprint density at radius 1 is 1.12 bits per heavy atom. The molecule has 0 saturated carbocycles. The van der Waals surface area contributed by atoms with Gasteiger partial charge in [0.25, 0.3) is 5.91 Å². The Bertz CT molecular complexity index is 1720. The van der Waals surface area contributed by atoms with Gasteiger partial charge in [0, 0.05) is 35.7 Å². The Morgan fingerprint density at radius 3 is 2.63 bits per heavy atom. The number of nitrogens with one attached hydrogen (secondary N) is 1. The molecule has 206 valence electrons. The maximum Gasteiger partial charge on any atom is 0.256 e. The van der Waals surface area contributed by atoms with Crippen LogP contribution in [0.5, 0.6) is 11.6 Å². The molecule has 10 heteroatoms. The van der Waals surface area contributed by atoms with E-state index in [-0.39, 0.29) is 17.4 Å². The Labute approximate surface area is 240 Å². The quantitative estimate of drug-likeness (QED) is 0.301. The van der Waals surface area contributed by atoms with Gasteiger partial charge in [-0.1, -0.05) is 55.5 Å². The summed E-state index contributed by atoms with van der Waals surface area (Å²) in [6.45, 7) is 4.98. The van der Waals surface area contributed by atoms with Crippen LogP contribution in [0, 0.1) is 22.6 Å². The lowest BCUT2D eigenvalue weighted by atomic mass is 9.69. The van der Waals surface area contributed by atoms with Gasteiger partial charge < -0.3 is 15.0 Å². The zero-order chi connectivity index (χ0) is 28.7. The predicted molar refractivity (Wildman–Crippen MR) is 152 cm³/mol. The molecule has 4 heterocycles. The molecule has 0 bridgehead atoms. The molecule has 1 N–H and O–H groups in total. The number of halogens is 1. The number of carbonyl (C=O) groups excluding carboxylic acids is 2. The van der Waals surface area contributed by atoms with E-state index in [1.807, 2.05) is 50.2 Å². The van der Waals surface area contributed by atoms with Crippen LogP contribution in [0.4, 0.5) is 9.52 Å². The normalized spacial score (nSPS) is 15.9. The van der Waals surface area contributed by atoms with Crippen LogP contribution in [0.3, 0.4) is 0 Å². The largest absolute Gasteiger partial charge is 0.438 e. The molecule has 0 unspecified atom stereocenters. The van der Waals surface area contributed by atoms with Gasteiger partial charge in [-0.3, -0.25) is 9.59 Å². The molecule has 2 amide bonds. The number of aromatic nitrogens is 2. The molecule has 8 nitrogen and oxygen atoms in total. The second-order valence-corrected chi connectivity index (χ2v) is 11.7. The average molecular weight is 568 g/mol. The Balaban J connectivity index is 1.34. The molecule has 6 rings (SSSR count). The highest BCUT2D eigenvalue weighted by Gasteiger charge is 2.44. The van der Waals surface area contributed by atoms with Crippen molar-refractivity contribution in [2.24, 2.45) is 5.41 Å². The number of hydrogen-bond acceptors (Lipinski definition) is 7. The monoisotopic (exact) mass is 567 g/mol. The summed E-state index contributed by atoms with van der Waals surface area (Å²) >= 11 is 1.11. The standard InChI is InChI=1S/C31H26FN5O3S/c1-31(2,29(39)36-30-34-17-19(16-33)41-30)26-21-7-3-4-8-25(21)40-27-22(26)11-12-24(35-27)18-9-10-20(23(32)15-18)28(38)37-13-5-6-14-37/h3-4,7-12,15,17,26H,5-6,13-14H2,1-2H3,(H,34,36,39)/t26-/m0/s1. The van der Waals surface area contributed by atoms with E-state index in [0.717, 1.165) is 29.7 Å². The SMILES string of the molecule is CC(C)(C(=O)Nc1ncc(C#N)s1)[C@H]1c2ccccc2Oc2nc(-c3ccc(C(=O)N4CCCC4)c(F)c3)ccc21. The smallest absolute Gasteiger partial charge is 0.256 e. The minimum atomic E-state index is -0.972. The maximum absolute atomic E-state index is 15.1. The van der Waals surface area contributed by atoms with Gasteiger partial charge in [0.2, 0.25) is 11.8 Å². The summed E-state index contributed by atoms with van der Waals surface area (Å²) in [6, 6.07) is 17.7. The fourth-order valence-corrected chi connectivity index (χ4v) is 6.09. The molecular formula is C31H26FN5O3S. The number of thiazole rings is 1. The van der Waals surface area contributed by atoms with Gasteiger partial charge in [-0.2, -0.15) is 5.26 Å². The zero-order valence-electron chi connectivity index (χ0n) is 22.5. The van der Waals surface area contributed by atoms with Crippen LogP contribution in [-0.4, -0.2) is 39.8 Å². The third-order valence-corrected chi connectivity index (χ3v) is 8.49. The first kappa shape index (κ1) is 26.6. The Hall–Kier alpha value is -4.62. The van der Waals surface area contributed by atoms with Crippen molar-refractivity contribution in [1.82, 2.24) is 14.9 Å². The molecule has 41 heavy (non-hydrogen) atoms.